The van der Waals surface area contributed by atoms with Crippen LogP contribution in [-0.2, 0) is 0 Å². The SMILES string of the molecule is Oc1ccc(N2CCN(C(c3ccc(F)cc3)c3sc4nc(-c5ccco5)nn4c3O)CC2)cc1. The van der Waals surface area contributed by atoms with Gasteiger partial charge in [-0.2, -0.15) is 9.50 Å². The van der Waals surface area contributed by atoms with E-state index in [0.717, 1.165) is 37.4 Å². The second-order valence-electron chi connectivity index (χ2n) is 8.39. The summed E-state index contributed by atoms with van der Waals surface area (Å²) in [5.41, 5.74) is 1.93. The first-order valence-corrected chi connectivity index (χ1v) is 12.0. The van der Waals surface area contributed by atoms with Crippen LogP contribution in [0.2, 0.25) is 0 Å². The Bertz CT molecular complexity index is 1440. The second-order valence-corrected chi connectivity index (χ2v) is 9.40. The molecule has 1 saturated heterocycles. The first kappa shape index (κ1) is 21.6. The lowest BCUT2D eigenvalue weighted by Crippen LogP contribution is -2.47. The first-order valence-electron chi connectivity index (χ1n) is 11.2. The van der Waals surface area contributed by atoms with Crippen LogP contribution in [-0.4, -0.2) is 55.9 Å². The van der Waals surface area contributed by atoms with Crippen LogP contribution in [0.5, 0.6) is 11.6 Å². The zero-order chi connectivity index (χ0) is 23.9. The van der Waals surface area contributed by atoms with Crippen molar-refractivity contribution in [3.8, 4) is 23.2 Å². The molecule has 10 heteroatoms. The molecule has 0 bridgehead atoms. The van der Waals surface area contributed by atoms with Crippen molar-refractivity contribution >= 4 is 22.0 Å². The van der Waals surface area contributed by atoms with Crippen LogP contribution in [0.1, 0.15) is 16.5 Å². The van der Waals surface area contributed by atoms with Crippen LogP contribution in [0.4, 0.5) is 10.1 Å². The molecule has 35 heavy (non-hydrogen) atoms. The van der Waals surface area contributed by atoms with Gasteiger partial charge in [-0.05, 0) is 54.1 Å². The van der Waals surface area contributed by atoms with E-state index in [2.05, 4.69) is 19.9 Å². The quantitative estimate of drug-likeness (QED) is 0.374. The molecule has 0 radical (unpaired) electrons. The molecule has 3 aromatic heterocycles. The number of furan rings is 1. The number of aromatic nitrogens is 3. The summed E-state index contributed by atoms with van der Waals surface area (Å²) in [5.74, 6) is 0.891. The largest absolute Gasteiger partial charge is 0.508 e. The number of phenolic OH excluding ortho intramolecular Hbond substituents is 1. The molecule has 5 aromatic rings. The van der Waals surface area contributed by atoms with Gasteiger partial charge in [-0.25, -0.2) is 4.39 Å². The van der Waals surface area contributed by atoms with Crippen molar-refractivity contribution in [2.45, 2.75) is 6.04 Å². The smallest absolute Gasteiger partial charge is 0.230 e. The highest BCUT2D eigenvalue weighted by atomic mass is 32.1. The molecule has 1 atom stereocenters. The maximum Gasteiger partial charge on any atom is 0.230 e. The molecular formula is C25H22FN5O3S. The molecule has 0 spiro atoms. The van der Waals surface area contributed by atoms with Gasteiger partial charge < -0.3 is 19.5 Å². The summed E-state index contributed by atoms with van der Waals surface area (Å²) < 4.78 is 20.5. The summed E-state index contributed by atoms with van der Waals surface area (Å²) in [6.45, 7) is 3.00. The number of thiazole rings is 1. The second kappa shape index (κ2) is 8.71. The van der Waals surface area contributed by atoms with Crippen molar-refractivity contribution in [1.82, 2.24) is 19.5 Å². The Morgan fingerprint density at radius 3 is 2.34 bits per heavy atom. The molecule has 0 saturated carbocycles. The van der Waals surface area contributed by atoms with Crippen LogP contribution in [0.15, 0.2) is 71.3 Å². The molecule has 4 heterocycles. The average Bonchev–Trinajstić information content (AvgIpc) is 3.61. The summed E-state index contributed by atoms with van der Waals surface area (Å²) in [4.78, 5) is 10.3. The van der Waals surface area contributed by atoms with Gasteiger partial charge in [-0.15, -0.1) is 5.10 Å². The minimum atomic E-state index is -0.306. The number of fused-ring (bicyclic) bond motifs is 1. The molecule has 1 fully saturated rings. The Kier molecular flexibility index (Phi) is 5.39. The van der Waals surface area contributed by atoms with Gasteiger partial charge in [0.15, 0.2) is 5.76 Å². The maximum absolute atomic E-state index is 13.7. The van der Waals surface area contributed by atoms with Gasteiger partial charge in [0.1, 0.15) is 11.6 Å². The lowest BCUT2D eigenvalue weighted by molar-refractivity contribution is 0.211. The van der Waals surface area contributed by atoms with Crippen LogP contribution in [0, 0.1) is 5.82 Å². The van der Waals surface area contributed by atoms with Crippen molar-refractivity contribution < 1.29 is 19.0 Å². The van der Waals surface area contributed by atoms with E-state index < -0.39 is 0 Å². The molecule has 178 valence electrons. The topological polar surface area (TPSA) is 90.3 Å². The third kappa shape index (κ3) is 4.00. The number of phenols is 1. The highest BCUT2D eigenvalue weighted by Crippen LogP contribution is 2.41. The van der Waals surface area contributed by atoms with Crippen LogP contribution in [0.3, 0.4) is 0 Å². The number of hydrogen-bond acceptors (Lipinski definition) is 8. The molecule has 1 unspecified atom stereocenters. The van der Waals surface area contributed by atoms with Gasteiger partial charge in [0.05, 0.1) is 17.2 Å². The molecule has 2 N–H and O–H groups in total. The van der Waals surface area contributed by atoms with Gasteiger partial charge in [0, 0.05) is 31.9 Å². The van der Waals surface area contributed by atoms with Gasteiger partial charge in [0.25, 0.3) is 0 Å². The lowest BCUT2D eigenvalue weighted by Gasteiger charge is -2.40. The predicted molar refractivity (Wildman–Crippen MR) is 130 cm³/mol. The Labute approximate surface area is 204 Å². The molecule has 8 nitrogen and oxygen atoms in total. The number of anilines is 1. The van der Waals surface area contributed by atoms with E-state index in [1.807, 2.05) is 12.1 Å². The van der Waals surface area contributed by atoms with Gasteiger partial charge in [0.2, 0.25) is 16.7 Å². The predicted octanol–water partition coefficient (Wildman–Crippen LogP) is 4.51. The summed E-state index contributed by atoms with van der Waals surface area (Å²) in [7, 11) is 0. The molecule has 0 amide bonds. The molecule has 1 aliphatic rings. The van der Waals surface area contributed by atoms with Crippen LogP contribution in [0.25, 0.3) is 16.5 Å². The number of hydrogen-bond donors (Lipinski definition) is 2. The average molecular weight is 492 g/mol. The fraction of sp³-hybridized carbons (Fsp3) is 0.200. The Morgan fingerprint density at radius 2 is 1.69 bits per heavy atom. The zero-order valence-electron chi connectivity index (χ0n) is 18.6. The number of aromatic hydroxyl groups is 2. The van der Waals surface area contributed by atoms with Crippen LogP contribution < -0.4 is 4.90 Å². The van der Waals surface area contributed by atoms with Crippen LogP contribution >= 0.6 is 11.3 Å². The zero-order valence-corrected chi connectivity index (χ0v) is 19.4. The highest BCUT2D eigenvalue weighted by molar-refractivity contribution is 7.17. The monoisotopic (exact) mass is 491 g/mol. The molecule has 0 aliphatic carbocycles. The summed E-state index contributed by atoms with van der Waals surface area (Å²) >= 11 is 1.36. The third-order valence-electron chi connectivity index (χ3n) is 6.27. The molecule has 2 aromatic carbocycles. The standard InChI is InChI=1S/C25H22FN5O3S/c26-17-5-3-16(4-6-17)21(30-13-11-29(12-14-30)18-7-9-19(32)10-8-18)22-24(33)31-25(35-22)27-23(28-31)20-2-1-15-34-20/h1-10,15,21,32-33H,11-14H2. The van der Waals surface area contributed by atoms with E-state index in [1.54, 1.807) is 42.7 Å². The number of benzene rings is 2. The number of nitrogens with zero attached hydrogens (tertiary/aromatic N) is 5. The Morgan fingerprint density at radius 1 is 0.943 bits per heavy atom. The summed E-state index contributed by atoms with van der Waals surface area (Å²) in [6, 6.07) is 16.8. The fourth-order valence-electron chi connectivity index (χ4n) is 4.51. The van der Waals surface area contributed by atoms with E-state index >= 15 is 0 Å². The van der Waals surface area contributed by atoms with Crippen molar-refractivity contribution in [3.05, 3.63) is 83.2 Å². The number of halogens is 1. The van der Waals surface area contributed by atoms with E-state index in [4.69, 9.17) is 4.42 Å². The third-order valence-corrected chi connectivity index (χ3v) is 7.34. The van der Waals surface area contributed by atoms with Gasteiger partial charge in [-0.1, -0.05) is 23.5 Å². The van der Waals surface area contributed by atoms with Gasteiger partial charge in [-0.3, -0.25) is 4.90 Å². The summed E-state index contributed by atoms with van der Waals surface area (Å²) in [6.07, 6.45) is 1.55. The molecule has 1 aliphatic heterocycles. The molecular weight excluding hydrogens is 469 g/mol. The van der Waals surface area contributed by atoms with Crippen molar-refractivity contribution in [2.24, 2.45) is 0 Å². The summed E-state index contributed by atoms with van der Waals surface area (Å²) in [5, 5.41) is 25.2. The van der Waals surface area contributed by atoms with E-state index in [-0.39, 0.29) is 23.5 Å². The Balaban J connectivity index is 1.33. The normalized spacial score (nSPS) is 15.6. The number of rotatable bonds is 5. The van der Waals surface area contributed by atoms with Crippen molar-refractivity contribution in [2.75, 3.05) is 31.1 Å². The lowest BCUT2D eigenvalue weighted by atomic mass is 10.0. The van der Waals surface area contributed by atoms with E-state index in [0.29, 0.717) is 21.4 Å². The van der Waals surface area contributed by atoms with Crippen molar-refractivity contribution in [1.29, 1.82) is 0 Å². The minimum absolute atomic E-state index is 0.0191. The number of piperazine rings is 1. The minimum Gasteiger partial charge on any atom is -0.508 e. The van der Waals surface area contributed by atoms with E-state index in [9.17, 15) is 14.6 Å². The Hall–Kier alpha value is -3.89. The van der Waals surface area contributed by atoms with Gasteiger partial charge >= 0.3 is 0 Å². The van der Waals surface area contributed by atoms with E-state index in [1.165, 1.54) is 28.0 Å². The fourth-order valence-corrected chi connectivity index (χ4v) is 5.63. The van der Waals surface area contributed by atoms with Crippen molar-refractivity contribution in [3.63, 3.8) is 0 Å². The first-order chi connectivity index (χ1) is 17.1. The maximum atomic E-state index is 13.7. The molecule has 6 rings (SSSR count). The highest BCUT2D eigenvalue weighted by Gasteiger charge is 2.32.